The fraction of sp³-hybridized carbons (Fsp3) is 0.500. The van der Waals surface area contributed by atoms with Crippen molar-refractivity contribution in [1.82, 2.24) is 0 Å². The zero-order valence-electron chi connectivity index (χ0n) is 14.7. The number of allylic oxidation sites excluding steroid dienone is 3. The summed E-state index contributed by atoms with van der Waals surface area (Å²) in [5.41, 5.74) is 2.77. The molecule has 0 amide bonds. The lowest BCUT2D eigenvalue weighted by molar-refractivity contribution is 0.238. The van der Waals surface area contributed by atoms with Crippen LogP contribution in [0.25, 0.3) is 5.57 Å². The number of aliphatic hydroxyl groups is 1. The summed E-state index contributed by atoms with van der Waals surface area (Å²) in [7, 11) is 1.59. The number of halogens is 1. The Kier molecular flexibility index (Phi) is 5.30. The molecule has 23 heavy (non-hydrogen) atoms. The maximum atomic E-state index is 14.4. The van der Waals surface area contributed by atoms with E-state index >= 15 is 0 Å². The van der Waals surface area contributed by atoms with Crippen LogP contribution in [0.3, 0.4) is 0 Å². The molecule has 1 unspecified atom stereocenters. The van der Waals surface area contributed by atoms with E-state index < -0.39 is 0 Å². The summed E-state index contributed by atoms with van der Waals surface area (Å²) in [5, 5.41) is 9.52. The van der Waals surface area contributed by atoms with Crippen LogP contribution in [0.4, 0.5) is 4.39 Å². The first-order valence-corrected chi connectivity index (χ1v) is 8.14. The van der Waals surface area contributed by atoms with Crippen LogP contribution in [0, 0.1) is 23.1 Å². The molecule has 1 aliphatic rings. The molecule has 3 heteroatoms. The molecule has 0 radical (unpaired) electrons. The smallest absolute Gasteiger partial charge is 0.131 e. The van der Waals surface area contributed by atoms with Crippen molar-refractivity contribution >= 4 is 5.57 Å². The molecule has 0 spiro atoms. The third-order valence-electron chi connectivity index (χ3n) is 4.88. The van der Waals surface area contributed by atoms with Crippen LogP contribution in [0.15, 0.2) is 35.9 Å². The first-order chi connectivity index (χ1) is 10.8. The molecular formula is C20H27FO2. The fourth-order valence-corrected chi connectivity index (χ4v) is 2.96. The van der Waals surface area contributed by atoms with Crippen molar-refractivity contribution in [3.05, 3.63) is 47.3 Å². The van der Waals surface area contributed by atoms with Crippen LogP contribution in [0.1, 0.15) is 39.7 Å². The van der Waals surface area contributed by atoms with Gasteiger partial charge in [0.25, 0.3) is 0 Å². The maximum Gasteiger partial charge on any atom is 0.131 e. The first-order valence-electron chi connectivity index (χ1n) is 8.14. The molecule has 1 aromatic carbocycles. The van der Waals surface area contributed by atoms with Gasteiger partial charge in [-0.1, -0.05) is 45.4 Å². The van der Waals surface area contributed by atoms with E-state index in [0.29, 0.717) is 11.3 Å². The van der Waals surface area contributed by atoms with Gasteiger partial charge in [-0.15, -0.1) is 0 Å². The highest BCUT2D eigenvalue weighted by Gasteiger charge is 2.29. The summed E-state index contributed by atoms with van der Waals surface area (Å²) in [5.74, 6) is 0.787. The summed E-state index contributed by atoms with van der Waals surface area (Å²) < 4.78 is 19.7. The van der Waals surface area contributed by atoms with Gasteiger partial charge in [0, 0.05) is 18.1 Å². The molecule has 1 N–H and O–H groups in total. The van der Waals surface area contributed by atoms with Gasteiger partial charge in [-0.25, -0.2) is 4.39 Å². The molecule has 2 atom stereocenters. The van der Waals surface area contributed by atoms with Gasteiger partial charge in [-0.3, -0.25) is 0 Å². The summed E-state index contributed by atoms with van der Waals surface area (Å²) in [4.78, 5) is 0. The number of hydrogen-bond acceptors (Lipinski definition) is 2. The number of rotatable bonds is 4. The van der Waals surface area contributed by atoms with Gasteiger partial charge in [0.15, 0.2) is 0 Å². The Balaban J connectivity index is 2.58. The molecule has 0 fully saturated rings. The van der Waals surface area contributed by atoms with E-state index in [4.69, 9.17) is 4.74 Å². The molecule has 0 heterocycles. The summed E-state index contributed by atoms with van der Waals surface area (Å²) in [6, 6.07) is 4.84. The average Bonchev–Trinajstić information content (AvgIpc) is 2.53. The fourth-order valence-electron chi connectivity index (χ4n) is 2.96. The second-order valence-corrected chi connectivity index (χ2v) is 7.38. The number of hydrogen-bond donors (Lipinski definition) is 1. The highest BCUT2D eigenvalue weighted by molar-refractivity contribution is 5.79. The predicted octanol–water partition coefficient (Wildman–Crippen LogP) is 4.84. The number of aliphatic hydroxyl groups excluding tert-OH is 1. The van der Waals surface area contributed by atoms with E-state index in [9.17, 15) is 9.50 Å². The lowest BCUT2D eigenvalue weighted by Crippen LogP contribution is -2.23. The molecule has 1 aromatic rings. The molecule has 0 saturated heterocycles. The van der Waals surface area contributed by atoms with E-state index in [2.05, 4.69) is 27.7 Å². The monoisotopic (exact) mass is 318 g/mol. The van der Waals surface area contributed by atoms with Gasteiger partial charge in [-0.05, 0) is 41.5 Å². The largest absolute Gasteiger partial charge is 0.497 e. The topological polar surface area (TPSA) is 29.5 Å². The second kappa shape index (κ2) is 6.88. The Morgan fingerprint density at radius 3 is 2.61 bits per heavy atom. The molecule has 126 valence electrons. The Bertz CT molecular complexity index is 623. The quantitative estimate of drug-likeness (QED) is 0.861. The van der Waals surface area contributed by atoms with E-state index in [0.717, 1.165) is 12.0 Å². The van der Waals surface area contributed by atoms with Crippen LogP contribution in [0.5, 0.6) is 5.75 Å². The van der Waals surface area contributed by atoms with E-state index in [-0.39, 0.29) is 29.7 Å². The normalized spacial score (nSPS) is 19.9. The van der Waals surface area contributed by atoms with Crippen molar-refractivity contribution in [1.29, 1.82) is 0 Å². The maximum absolute atomic E-state index is 14.4. The zero-order chi connectivity index (χ0) is 17.2. The second-order valence-electron chi connectivity index (χ2n) is 7.38. The summed E-state index contributed by atoms with van der Waals surface area (Å²) in [6.45, 7) is 8.87. The predicted molar refractivity (Wildman–Crippen MR) is 92.8 cm³/mol. The average molecular weight is 318 g/mol. The third kappa shape index (κ3) is 3.84. The van der Waals surface area contributed by atoms with Crippen LogP contribution in [-0.2, 0) is 0 Å². The van der Waals surface area contributed by atoms with E-state index in [1.807, 2.05) is 12.2 Å². The highest BCUT2D eigenvalue weighted by Crippen LogP contribution is 2.42. The summed E-state index contributed by atoms with van der Waals surface area (Å²) in [6.07, 6.45) is 4.70. The number of methoxy groups -OCH3 is 1. The van der Waals surface area contributed by atoms with Gasteiger partial charge in [0.2, 0.25) is 0 Å². The van der Waals surface area contributed by atoms with Crippen molar-refractivity contribution in [2.45, 2.75) is 34.1 Å². The van der Waals surface area contributed by atoms with Crippen LogP contribution in [0.2, 0.25) is 0 Å². The molecule has 0 bridgehead atoms. The van der Waals surface area contributed by atoms with Crippen LogP contribution in [-0.4, -0.2) is 18.8 Å². The minimum atomic E-state index is -0.244. The molecule has 2 nitrogen and oxygen atoms in total. The number of ether oxygens (including phenoxy) is 1. The van der Waals surface area contributed by atoms with E-state index in [1.54, 1.807) is 19.2 Å². The highest BCUT2D eigenvalue weighted by atomic mass is 19.1. The lowest BCUT2D eigenvalue weighted by Gasteiger charge is -2.34. The Hall–Kier alpha value is -1.61. The van der Waals surface area contributed by atoms with Gasteiger partial charge in [-0.2, -0.15) is 0 Å². The van der Waals surface area contributed by atoms with Crippen molar-refractivity contribution in [2.24, 2.45) is 17.3 Å². The van der Waals surface area contributed by atoms with Crippen molar-refractivity contribution in [3.63, 3.8) is 0 Å². The molecule has 2 rings (SSSR count). The van der Waals surface area contributed by atoms with Crippen molar-refractivity contribution in [3.8, 4) is 5.75 Å². The molecular weight excluding hydrogens is 291 g/mol. The van der Waals surface area contributed by atoms with Gasteiger partial charge >= 0.3 is 0 Å². The Labute approximate surface area is 138 Å². The Morgan fingerprint density at radius 2 is 2.04 bits per heavy atom. The minimum Gasteiger partial charge on any atom is -0.497 e. The zero-order valence-corrected chi connectivity index (χ0v) is 14.7. The van der Waals surface area contributed by atoms with Gasteiger partial charge in [0.05, 0.1) is 7.11 Å². The summed E-state index contributed by atoms with van der Waals surface area (Å²) >= 11 is 0. The van der Waals surface area contributed by atoms with E-state index in [1.165, 1.54) is 11.6 Å². The van der Waals surface area contributed by atoms with Crippen LogP contribution >= 0.6 is 0 Å². The first kappa shape index (κ1) is 17.7. The molecule has 0 aromatic heterocycles. The lowest BCUT2D eigenvalue weighted by atomic mass is 9.71. The van der Waals surface area contributed by atoms with Gasteiger partial charge in [0.1, 0.15) is 11.6 Å². The number of benzene rings is 1. The SMILES string of the molecule is COc1ccc(F)c(C2=C([C@@H](C)C(C)(C)C)CC(CO)C=C2)c1. The minimum absolute atomic E-state index is 0.0705. The molecule has 0 saturated carbocycles. The van der Waals surface area contributed by atoms with Gasteiger partial charge < -0.3 is 9.84 Å². The van der Waals surface area contributed by atoms with Crippen molar-refractivity contribution in [2.75, 3.05) is 13.7 Å². The Morgan fingerprint density at radius 1 is 1.35 bits per heavy atom. The van der Waals surface area contributed by atoms with Crippen LogP contribution < -0.4 is 4.74 Å². The molecule has 0 aliphatic heterocycles. The third-order valence-corrected chi connectivity index (χ3v) is 4.88. The standard InChI is InChI=1S/C20H27FO2/c1-13(20(2,3)4)17-10-14(12-22)6-8-16(17)18-11-15(23-5)7-9-19(18)21/h6-9,11,13-14,22H,10,12H2,1-5H3/t13-,14?/m1/s1. The van der Waals surface area contributed by atoms with Crippen molar-refractivity contribution < 1.29 is 14.2 Å². The molecule has 1 aliphatic carbocycles.